The fourth-order valence-electron chi connectivity index (χ4n) is 5.11. The molecule has 0 saturated carbocycles. The molecule has 1 aliphatic heterocycles. The molecule has 1 heterocycles. The molecule has 5 nitrogen and oxygen atoms in total. The molecule has 1 atom stereocenters. The molecular formula is C29H36N2O3. The molecule has 2 aliphatic rings. The van der Waals surface area contributed by atoms with Crippen molar-refractivity contribution < 1.29 is 14.7 Å². The molecule has 1 N–H and O–H groups in total. The van der Waals surface area contributed by atoms with Crippen molar-refractivity contribution in [2.75, 3.05) is 27.2 Å². The van der Waals surface area contributed by atoms with E-state index in [1.807, 2.05) is 38.4 Å². The highest BCUT2D eigenvalue weighted by Crippen LogP contribution is 2.40. The normalized spacial score (nSPS) is 19.8. The number of aryl methyl sites for hydroxylation is 2. The molecule has 180 valence electrons. The minimum absolute atomic E-state index is 0.0697. The van der Waals surface area contributed by atoms with Gasteiger partial charge in [-0.15, -0.1) is 0 Å². The van der Waals surface area contributed by atoms with Crippen LogP contribution in [0.15, 0.2) is 48.0 Å². The van der Waals surface area contributed by atoms with Gasteiger partial charge in [0.05, 0.1) is 11.6 Å². The van der Waals surface area contributed by atoms with Crippen LogP contribution in [0.2, 0.25) is 0 Å². The van der Waals surface area contributed by atoms with Crippen LogP contribution in [0.3, 0.4) is 0 Å². The van der Waals surface area contributed by atoms with Gasteiger partial charge >= 0.3 is 0 Å². The number of fused-ring (bicyclic) bond motifs is 1. The van der Waals surface area contributed by atoms with Crippen molar-refractivity contribution in [2.45, 2.75) is 57.9 Å². The molecule has 1 unspecified atom stereocenters. The molecule has 1 amide bonds. The minimum atomic E-state index is -0.599. The van der Waals surface area contributed by atoms with Crippen LogP contribution >= 0.6 is 0 Å². The van der Waals surface area contributed by atoms with Crippen molar-refractivity contribution in [3.05, 3.63) is 75.9 Å². The van der Waals surface area contributed by atoms with Gasteiger partial charge in [0, 0.05) is 12.1 Å². The summed E-state index contributed by atoms with van der Waals surface area (Å²) in [6.45, 7) is 5.55. The third kappa shape index (κ3) is 4.80. The lowest BCUT2D eigenvalue weighted by Crippen LogP contribution is -2.32. The number of carbonyl (C=O) groups is 2. The number of hydrogen-bond donors (Lipinski definition) is 1. The standard InChI is InChI=1S/C29H36N2O3/c1-19(2)20-10-13-22(14-11-20)26-25(28(33)29(34)31(26)17-7-16-30(3)4)27(32)24-15-12-21-8-5-6-9-23(21)18-24/h10-15,18-19,26,32H,5-9,16-17H2,1-4H3/b27-25-. The van der Waals surface area contributed by atoms with E-state index in [2.05, 4.69) is 36.9 Å². The SMILES string of the molecule is CC(C)c1ccc(C2/C(=C(/O)c3ccc4c(c3)CCCC4)C(=O)C(=O)N2CCCN(C)C)cc1. The van der Waals surface area contributed by atoms with E-state index in [4.69, 9.17) is 0 Å². The summed E-state index contributed by atoms with van der Waals surface area (Å²) in [5.41, 5.74) is 5.41. The van der Waals surface area contributed by atoms with E-state index in [9.17, 15) is 14.7 Å². The zero-order valence-corrected chi connectivity index (χ0v) is 20.8. The van der Waals surface area contributed by atoms with Crippen molar-refractivity contribution in [2.24, 2.45) is 0 Å². The third-order valence-corrected chi connectivity index (χ3v) is 7.09. The van der Waals surface area contributed by atoms with E-state index in [1.165, 1.54) is 23.1 Å². The summed E-state index contributed by atoms with van der Waals surface area (Å²) >= 11 is 0. The molecule has 0 spiro atoms. The Morgan fingerprint density at radius 3 is 2.35 bits per heavy atom. The smallest absolute Gasteiger partial charge is 0.295 e. The predicted molar refractivity (Wildman–Crippen MR) is 136 cm³/mol. The van der Waals surface area contributed by atoms with Gasteiger partial charge < -0.3 is 14.9 Å². The number of hydrogen-bond acceptors (Lipinski definition) is 4. The number of Topliss-reactive ketones (excluding diaryl/α,β-unsaturated/α-hetero) is 1. The maximum atomic E-state index is 13.3. The van der Waals surface area contributed by atoms with E-state index in [0.717, 1.165) is 37.8 Å². The summed E-state index contributed by atoms with van der Waals surface area (Å²) < 4.78 is 0. The second kappa shape index (κ2) is 10.1. The molecule has 0 bridgehead atoms. The van der Waals surface area contributed by atoms with Crippen LogP contribution in [0.5, 0.6) is 0 Å². The maximum absolute atomic E-state index is 13.3. The van der Waals surface area contributed by atoms with Gasteiger partial charge in [-0.3, -0.25) is 9.59 Å². The number of aliphatic hydroxyl groups is 1. The number of likely N-dealkylation sites (tertiary alicyclic amines) is 1. The van der Waals surface area contributed by atoms with Gasteiger partial charge in [0.15, 0.2) is 0 Å². The van der Waals surface area contributed by atoms with Crippen molar-refractivity contribution >= 4 is 17.4 Å². The van der Waals surface area contributed by atoms with E-state index >= 15 is 0 Å². The van der Waals surface area contributed by atoms with Crippen LogP contribution in [0.4, 0.5) is 0 Å². The van der Waals surface area contributed by atoms with Gasteiger partial charge in [-0.2, -0.15) is 0 Å². The summed E-state index contributed by atoms with van der Waals surface area (Å²) in [7, 11) is 3.98. The van der Waals surface area contributed by atoms with Crippen LogP contribution in [-0.2, 0) is 22.4 Å². The van der Waals surface area contributed by atoms with E-state index in [-0.39, 0.29) is 11.3 Å². The first-order chi connectivity index (χ1) is 16.3. The minimum Gasteiger partial charge on any atom is -0.507 e. The summed E-state index contributed by atoms with van der Waals surface area (Å²) in [5, 5.41) is 11.4. The number of nitrogens with zero attached hydrogens (tertiary/aromatic N) is 2. The third-order valence-electron chi connectivity index (χ3n) is 7.09. The highest BCUT2D eigenvalue weighted by molar-refractivity contribution is 6.46. The average molecular weight is 461 g/mol. The molecule has 2 aromatic carbocycles. The second-order valence-corrected chi connectivity index (χ2v) is 10.2. The highest BCUT2D eigenvalue weighted by Gasteiger charge is 2.45. The number of aliphatic hydroxyl groups excluding tert-OH is 1. The van der Waals surface area contributed by atoms with E-state index in [1.54, 1.807) is 4.90 Å². The lowest BCUT2D eigenvalue weighted by atomic mass is 9.88. The molecule has 4 rings (SSSR count). The molecule has 0 aromatic heterocycles. The summed E-state index contributed by atoms with van der Waals surface area (Å²) in [4.78, 5) is 30.1. The van der Waals surface area contributed by atoms with Crippen LogP contribution in [-0.4, -0.2) is 53.8 Å². The number of carbonyl (C=O) groups excluding carboxylic acids is 2. The largest absolute Gasteiger partial charge is 0.507 e. The van der Waals surface area contributed by atoms with Gasteiger partial charge in [0.25, 0.3) is 11.7 Å². The van der Waals surface area contributed by atoms with Crippen LogP contribution in [0, 0.1) is 0 Å². The monoisotopic (exact) mass is 460 g/mol. The predicted octanol–water partition coefficient (Wildman–Crippen LogP) is 5.06. The molecule has 34 heavy (non-hydrogen) atoms. The fraction of sp³-hybridized carbons (Fsp3) is 0.448. The average Bonchev–Trinajstić information content (AvgIpc) is 3.08. The summed E-state index contributed by atoms with van der Waals surface area (Å²) in [5.74, 6) is -0.815. The Bertz CT molecular complexity index is 1100. The number of rotatable bonds is 7. The molecule has 2 aromatic rings. The Morgan fingerprint density at radius 1 is 1.03 bits per heavy atom. The maximum Gasteiger partial charge on any atom is 0.295 e. The number of ketones is 1. The molecular weight excluding hydrogens is 424 g/mol. The summed E-state index contributed by atoms with van der Waals surface area (Å²) in [6.07, 6.45) is 5.10. The van der Waals surface area contributed by atoms with E-state index < -0.39 is 17.7 Å². The first-order valence-corrected chi connectivity index (χ1v) is 12.4. The van der Waals surface area contributed by atoms with Gasteiger partial charge in [0.2, 0.25) is 0 Å². The Hall–Kier alpha value is -2.92. The Labute approximate surface area is 203 Å². The first kappa shape index (κ1) is 24.2. The van der Waals surface area contributed by atoms with Crippen LogP contribution in [0.25, 0.3) is 5.76 Å². The van der Waals surface area contributed by atoms with Gasteiger partial charge in [-0.1, -0.05) is 50.2 Å². The lowest BCUT2D eigenvalue weighted by Gasteiger charge is -2.26. The first-order valence-electron chi connectivity index (χ1n) is 12.4. The Morgan fingerprint density at radius 2 is 1.71 bits per heavy atom. The van der Waals surface area contributed by atoms with Crippen molar-refractivity contribution in [1.82, 2.24) is 9.80 Å². The Kier molecular flexibility index (Phi) is 7.22. The quantitative estimate of drug-likeness (QED) is 0.356. The van der Waals surface area contributed by atoms with Crippen molar-refractivity contribution in [1.29, 1.82) is 0 Å². The fourth-order valence-corrected chi connectivity index (χ4v) is 5.11. The molecule has 0 radical (unpaired) electrons. The zero-order valence-electron chi connectivity index (χ0n) is 20.8. The van der Waals surface area contributed by atoms with Crippen molar-refractivity contribution in [3.63, 3.8) is 0 Å². The van der Waals surface area contributed by atoms with Crippen molar-refractivity contribution in [3.8, 4) is 0 Å². The topological polar surface area (TPSA) is 60.9 Å². The second-order valence-electron chi connectivity index (χ2n) is 10.2. The number of amides is 1. The Balaban J connectivity index is 1.78. The molecule has 1 fully saturated rings. The highest BCUT2D eigenvalue weighted by atomic mass is 16.3. The van der Waals surface area contributed by atoms with Crippen LogP contribution < -0.4 is 0 Å². The van der Waals surface area contributed by atoms with Gasteiger partial charge in [-0.25, -0.2) is 0 Å². The zero-order chi connectivity index (χ0) is 24.4. The molecule has 1 saturated heterocycles. The van der Waals surface area contributed by atoms with Gasteiger partial charge in [0.1, 0.15) is 5.76 Å². The number of benzene rings is 2. The molecule has 5 heteroatoms. The lowest BCUT2D eigenvalue weighted by molar-refractivity contribution is -0.139. The van der Waals surface area contributed by atoms with Crippen LogP contribution in [0.1, 0.15) is 72.9 Å². The van der Waals surface area contributed by atoms with Gasteiger partial charge in [-0.05, 0) is 87.0 Å². The summed E-state index contributed by atoms with van der Waals surface area (Å²) in [6, 6.07) is 13.5. The van der Waals surface area contributed by atoms with E-state index in [0.29, 0.717) is 18.0 Å². The molecule has 1 aliphatic carbocycles.